The van der Waals surface area contributed by atoms with E-state index in [4.69, 9.17) is 9.47 Å². The van der Waals surface area contributed by atoms with E-state index < -0.39 is 0 Å². The van der Waals surface area contributed by atoms with E-state index in [1.165, 1.54) is 0 Å². The van der Waals surface area contributed by atoms with Crippen LogP contribution in [0, 0.1) is 0 Å². The van der Waals surface area contributed by atoms with Gasteiger partial charge in [0, 0.05) is 19.7 Å². The average molecular weight is 305 g/mol. The summed E-state index contributed by atoms with van der Waals surface area (Å²) in [4.78, 5) is 4.58. The number of aliphatic imine (C=N–C) groups is 1. The van der Waals surface area contributed by atoms with Crippen molar-refractivity contribution in [2.24, 2.45) is 4.99 Å². The zero-order chi connectivity index (χ0) is 15.5. The van der Waals surface area contributed by atoms with Crippen molar-refractivity contribution >= 4 is 5.96 Å². The summed E-state index contributed by atoms with van der Waals surface area (Å²) >= 11 is 0. The Labute approximate surface area is 133 Å². The molecule has 1 aliphatic heterocycles. The summed E-state index contributed by atoms with van der Waals surface area (Å²) in [6.07, 6.45) is 3.49. The predicted molar refractivity (Wildman–Crippen MR) is 89.5 cm³/mol. The minimum Gasteiger partial charge on any atom is -0.494 e. The highest BCUT2D eigenvalue weighted by molar-refractivity contribution is 5.79. The number of rotatable bonds is 8. The molecule has 5 nitrogen and oxygen atoms in total. The molecule has 122 valence electrons. The van der Waals surface area contributed by atoms with Crippen LogP contribution >= 0.6 is 0 Å². The second-order valence-electron chi connectivity index (χ2n) is 5.30. The van der Waals surface area contributed by atoms with Crippen LogP contribution in [0.4, 0.5) is 0 Å². The van der Waals surface area contributed by atoms with Crippen LogP contribution in [0.1, 0.15) is 26.2 Å². The third-order valence-electron chi connectivity index (χ3n) is 3.45. The minimum absolute atomic E-state index is 0.289. The molecule has 0 aromatic heterocycles. The highest BCUT2D eigenvalue weighted by Gasteiger charge is 2.14. The SMILES string of the molecule is CCNC(=NCC1CCCO1)NCCCOc1ccccc1. The van der Waals surface area contributed by atoms with Gasteiger partial charge in [-0.3, -0.25) is 4.99 Å². The van der Waals surface area contributed by atoms with Crippen LogP contribution in [0.15, 0.2) is 35.3 Å². The second-order valence-corrected chi connectivity index (χ2v) is 5.30. The fourth-order valence-corrected chi connectivity index (χ4v) is 2.31. The first-order valence-electron chi connectivity index (χ1n) is 8.20. The van der Waals surface area contributed by atoms with Gasteiger partial charge in [0.15, 0.2) is 5.96 Å². The van der Waals surface area contributed by atoms with Crippen LogP contribution in [0.2, 0.25) is 0 Å². The molecule has 0 radical (unpaired) electrons. The van der Waals surface area contributed by atoms with Crippen LogP contribution in [0.5, 0.6) is 5.75 Å². The molecule has 1 unspecified atom stereocenters. The van der Waals surface area contributed by atoms with Crippen molar-refractivity contribution in [2.45, 2.75) is 32.3 Å². The highest BCUT2D eigenvalue weighted by Crippen LogP contribution is 2.11. The van der Waals surface area contributed by atoms with Gasteiger partial charge in [0.2, 0.25) is 0 Å². The Hall–Kier alpha value is -1.75. The Morgan fingerprint density at radius 2 is 2.18 bits per heavy atom. The smallest absolute Gasteiger partial charge is 0.191 e. The number of ether oxygens (including phenoxy) is 2. The molecule has 5 heteroatoms. The first-order chi connectivity index (χ1) is 10.9. The molecular weight excluding hydrogens is 278 g/mol. The molecule has 2 N–H and O–H groups in total. The Morgan fingerprint density at radius 1 is 1.32 bits per heavy atom. The van der Waals surface area contributed by atoms with E-state index >= 15 is 0 Å². The van der Waals surface area contributed by atoms with Crippen molar-refractivity contribution < 1.29 is 9.47 Å². The standard InChI is InChI=1S/C17H27N3O2/c1-2-18-17(20-14-16-10-6-12-22-16)19-11-7-13-21-15-8-4-3-5-9-15/h3-5,8-9,16H,2,6-7,10-14H2,1H3,(H2,18,19,20). The van der Waals surface area contributed by atoms with Gasteiger partial charge in [-0.15, -0.1) is 0 Å². The normalized spacial score (nSPS) is 18.2. The summed E-state index contributed by atoms with van der Waals surface area (Å²) in [5, 5.41) is 6.59. The molecule has 0 spiro atoms. The lowest BCUT2D eigenvalue weighted by Gasteiger charge is -2.13. The van der Waals surface area contributed by atoms with Gasteiger partial charge < -0.3 is 20.1 Å². The highest BCUT2D eigenvalue weighted by atomic mass is 16.5. The van der Waals surface area contributed by atoms with Crippen molar-refractivity contribution in [1.29, 1.82) is 0 Å². The summed E-state index contributed by atoms with van der Waals surface area (Å²) in [5.41, 5.74) is 0. The molecule has 1 atom stereocenters. The van der Waals surface area contributed by atoms with E-state index in [1.54, 1.807) is 0 Å². The Kier molecular flexibility index (Phi) is 7.60. The first kappa shape index (κ1) is 16.6. The molecule has 1 aromatic rings. The monoisotopic (exact) mass is 305 g/mol. The van der Waals surface area contributed by atoms with E-state index in [1.807, 2.05) is 30.3 Å². The molecule has 1 aliphatic rings. The third kappa shape index (κ3) is 6.35. The topological polar surface area (TPSA) is 54.9 Å². The number of nitrogens with zero attached hydrogens (tertiary/aromatic N) is 1. The summed E-state index contributed by atoms with van der Waals surface area (Å²) in [5.74, 6) is 1.78. The van der Waals surface area contributed by atoms with Crippen LogP contribution in [-0.2, 0) is 4.74 Å². The van der Waals surface area contributed by atoms with E-state index in [9.17, 15) is 0 Å². The van der Waals surface area contributed by atoms with Crippen LogP contribution in [-0.4, -0.2) is 44.9 Å². The number of hydrogen-bond acceptors (Lipinski definition) is 3. The van der Waals surface area contributed by atoms with Gasteiger partial charge in [-0.1, -0.05) is 18.2 Å². The number of para-hydroxylation sites is 1. The van der Waals surface area contributed by atoms with Crippen molar-refractivity contribution in [3.05, 3.63) is 30.3 Å². The number of nitrogens with one attached hydrogen (secondary N) is 2. The molecule has 0 amide bonds. The molecule has 2 rings (SSSR count). The fraction of sp³-hybridized carbons (Fsp3) is 0.588. The summed E-state index contributed by atoms with van der Waals surface area (Å²) in [6.45, 7) is 6.07. The largest absolute Gasteiger partial charge is 0.494 e. The van der Waals surface area contributed by atoms with Gasteiger partial charge >= 0.3 is 0 Å². The lowest BCUT2D eigenvalue weighted by molar-refractivity contribution is 0.117. The van der Waals surface area contributed by atoms with E-state index in [2.05, 4.69) is 22.5 Å². The maximum absolute atomic E-state index is 5.67. The van der Waals surface area contributed by atoms with Crippen molar-refractivity contribution in [2.75, 3.05) is 32.8 Å². The molecule has 0 bridgehead atoms. The quantitative estimate of drug-likeness (QED) is 0.439. The van der Waals surface area contributed by atoms with Crippen LogP contribution in [0.3, 0.4) is 0 Å². The zero-order valence-electron chi connectivity index (χ0n) is 13.4. The van der Waals surface area contributed by atoms with Crippen molar-refractivity contribution in [3.63, 3.8) is 0 Å². The molecule has 1 heterocycles. The summed E-state index contributed by atoms with van der Waals surface area (Å²) in [6, 6.07) is 9.89. The van der Waals surface area contributed by atoms with Gasteiger partial charge in [0.05, 0.1) is 19.3 Å². The lowest BCUT2D eigenvalue weighted by Crippen LogP contribution is -2.38. The fourth-order valence-electron chi connectivity index (χ4n) is 2.31. The molecule has 0 saturated carbocycles. The molecule has 1 saturated heterocycles. The van der Waals surface area contributed by atoms with Crippen LogP contribution in [0.25, 0.3) is 0 Å². The third-order valence-corrected chi connectivity index (χ3v) is 3.45. The molecular formula is C17H27N3O2. The Morgan fingerprint density at radius 3 is 2.91 bits per heavy atom. The van der Waals surface area contributed by atoms with Gasteiger partial charge in [0.1, 0.15) is 5.75 Å². The minimum atomic E-state index is 0.289. The number of benzene rings is 1. The maximum Gasteiger partial charge on any atom is 0.191 e. The van der Waals surface area contributed by atoms with E-state index in [-0.39, 0.29) is 6.10 Å². The van der Waals surface area contributed by atoms with Gasteiger partial charge in [0.25, 0.3) is 0 Å². The predicted octanol–water partition coefficient (Wildman–Crippen LogP) is 2.19. The molecule has 1 aromatic carbocycles. The van der Waals surface area contributed by atoms with Crippen molar-refractivity contribution in [3.8, 4) is 5.75 Å². The maximum atomic E-state index is 5.67. The van der Waals surface area contributed by atoms with E-state index in [0.717, 1.165) is 57.2 Å². The molecule has 1 fully saturated rings. The molecule has 0 aliphatic carbocycles. The Balaban J connectivity index is 1.62. The summed E-state index contributed by atoms with van der Waals surface area (Å²) in [7, 11) is 0. The number of hydrogen-bond donors (Lipinski definition) is 2. The second kappa shape index (κ2) is 10.1. The van der Waals surface area contributed by atoms with Gasteiger partial charge in [-0.25, -0.2) is 0 Å². The van der Waals surface area contributed by atoms with Crippen LogP contribution < -0.4 is 15.4 Å². The van der Waals surface area contributed by atoms with Gasteiger partial charge in [-0.05, 0) is 38.3 Å². The Bertz CT molecular complexity index is 431. The van der Waals surface area contributed by atoms with E-state index in [0.29, 0.717) is 6.61 Å². The van der Waals surface area contributed by atoms with Gasteiger partial charge in [-0.2, -0.15) is 0 Å². The number of guanidine groups is 1. The summed E-state index contributed by atoms with van der Waals surface area (Å²) < 4.78 is 11.3. The zero-order valence-corrected chi connectivity index (χ0v) is 13.4. The van der Waals surface area contributed by atoms with Crippen molar-refractivity contribution in [1.82, 2.24) is 10.6 Å². The lowest BCUT2D eigenvalue weighted by atomic mass is 10.2. The average Bonchev–Trinajstić information content (AvgIpc) is 3.06. The first-order valence-corrected chi connectivity index (χ1v) is 8.20. The molecule has 22 heavy (non-hydrogen) atoms.